The van der Waals surface area contributed by atoms with Crippen LogP contribution in [0.15, 0.2) is 12.4 Å². The molecule has 0 saturated heterocycles. The fourth-order valence-electron chi connectivity index (χ4n) is 1.09. The Morgan fingerprint density at radius 3 is 2.75 bits per heavy atom. The van der Waals surface area contributed by atoms with Crippen LogP contribution in [0.5, 0.6) is 0 Å². The minimum Gasteiger partial charge on any atom is -0.271 e. The lowest BCUT2D eigenvalue weighted by atomic mass is 10.1. The van der Waals surface area contributed by atoms with Gasteiger partial charge in [0.2, 0.25) is 0 Å². The molecule has 0 aromatic carbocycles. The van der Waals surface area contributed by atoms with E-state index in [9.17, 15) is 0 Å². The molecule has 12 heavy (non-hydrogen) atoms. The zero-order valence-electron chi connectivity index (χ0n) is 7.41. The number of hydrogen-bond acceptors (Lipinski definition) is 4. The molecule has 4 nitrogen and oxygen atoms in total. The molecule has 0 fully saturated rings. The molecular formula is C8H14N4. The summed E-state index contributed by atoms with van der Waals surface area (Å²) in [5.74, 6) is 5.31. The van der Waals surface area contributed by atoms with Crippen molar-refractivity contribution in [2.45, 2.75) is 26.3 Å². The Hall–Kier alpha value is -1.00. The lowest BCUT2D eigenvalue weighted by molar-refractivity contribution is 0.576. The SMILES string of the molecule is CCc1nccnc1[C@H](C)NN. The van der Waals surface area contributed by atoms with Crippen LogP contribution in [-0.2, 0) is 6.42 Å². The number of hydrazine groups is 1. The van der Waals surface area contributed by atoms with E-state index in [4.69, 9.17) is 5.84 Å². The van der Waals surface area contributed by atoms with Crippen LogP contribution in [0.2, 0.25) is 0 Å². The van der Waals surface area contributed by atoms with Gasteiger partial charge in [0.25, 0.3) is 0 Å². The lowest BCUT2D eigenvalue weighted by Gasteiger charge is -2.11. The van der Waals surface area contributed by atoms with Crippen LogP contribution in [0.3, 0.4) is 0 Å². The van der Waals surface area contributed by atoms with Crippen molar-refractivity contribution in [1.29, 1.82) is 0 Å². The average Bonchev–Trinajstić information content (AvgIpc) is 2.16. The van der Waals surface area contributed by atoms with Crippen molar-refractivity contribution >= 4 is 0 Å². The molecule has 4 heteroatoms. The third-order valence-corrected chi connectivity index (χ3v) is 1.80. The quantitative estimate of drug-likeness (QED) is 0.509. The van der Waals surface area contributed by atoms with Gasteiger partial charge in [-0.1, -0.05) is 6.92 Å². The number of aromatic nitrogens is 2. The van der Waals surface area contributed by atoms with Crippen LogP contribution >= 0.6 is 0 Å². The number of nitrogens with two attached hydrogens (primary N) is 1. The summed E-state index contributed by atoms with van der Waals surface area (Å²) in [6.45, 7) is 4.01. The molecule has 1 rings (SSSR count). The van der Waals surface area contributed by atoms with Gasteiger partial charge in [0, 0.05) is 12.4 Å². The summed E-state index contributed by atoms with van der Waals surface area (Å²) >= 11 is 0. The topological polar surface area (TPSA) is 63.8 Å². The second-order valence-electron chi connectivity index (χ2n) is 2.63. The molecule has 3 N–H and O–H groups in total. The smallest absolute Gasteiger partial charge is 0.0798 e. The van der Waals surface area contributed by atoms with Crippen molar-refractivity contribution in [3.63, 3.8) is 0 Å². The molecule has 0 unspecified atom stereocenters. The molecule has 1 heterocycles. The van der Waals surface area contributed by atoms with Gasteiger partial charge in [0.1, 0.15) is 0 Å². The Kier molecular flexibility index (Phi) is 3.13. The summed E-state index contributed by atoms with van der Waals surface area (Å²) < 4.78 is 0. The Balaban J connectivity index is 2.96. The molecule has 0 spiro atoms. The Labute approximate surface area is 72.2 Å². The van der Waals surface area contributed by atoms with Crippen LogP contribution in [0.1, 0.15) is 31.3 Å². The largest absolute Gasteiger partial charge is 0.271 e. The van der Waals surface area contributed by atoms with E-state index in [-0.39, 0.29) is 6.04 Å². The third-order valence-electron chi connectivity index (χ3n) is 1.80. The highest BCUT2D eigenvalue weighted by Gasteiger charge is 2.09. The fraction of sp³-hybridized carbons (Fsp3) is 0.500. The number of aryl methyl sites for hydroxylation is 1. The highest BCUT2D eigenvalue weighted by atomic mass is 15.2. The highest BCUT2D eigenvalue weighted by Crippen LogP contribution is 2.11. The maximum Gasteiger partial charge on any atom is 0.0798 e. The summed E-state index contributed by atoms with van der Waals surface area (Å²) in [5, 5.41) is 0. The normalized spacial score (nSPS) is 12.9. The second kappa shape index (κ2) is 4.13. The van der Waals surface area contributed by atoms with Crippen LogP contribution in [0, 0.1) is 0 Å². The van der Waals surface area contributed by atoms with Crippen molar-refractivity contribution in [2.75, 3.05) is 0 Å². The molecule has 0 bridgehead atoms. The van der Waals surface area contributed by atoms with E-state index < -0.39 is 0 Å². The van der Waals surface area contributed by atoms with Crippen LogP contribution in [0.25, 0.3) is 0 Å². The molecule has 0 radical (unpaired) electrons. The predicted octanol–water partition coefficient (Wildman–Crippen LogP) is 0.563. The number of nitrogens with zero attached hydrogens (tertiary/aromatic N) is 2. The zero-order chi connectivity index (χ0) is 8.97. The molecule has 0 saturated carbocycles. The van der Waals surface area contributed by atoms with E-state index in [0.717, 1.165) is 17.8 Å². The van der Waals surface area contributed by atoms with Gasteiger partial charge < -0.3 is 0 Å². The summed E-state index contributed by atoms with van der Waals surface area (Å²) in [7, 11) is 0. The number of rotatable bonds is 3. The average molecular weight is 166 g/mol. The molecule has 1 aromatic heterocycles. The minimum absolute atomic E-state index is 0.0636. The Morgan fingerprint density at radius 2 is 2.17 bits per heavy atom. The van der Waals surface area contributed by atoms with Crippen molar-refractivity contribution < 1.29 is 0 Å². The van der Waals surface area contributed by atoms with E-state index >= 15 is 0 Å². The van der Waals surface area contributed by atoms with Gasteiger partial charge in [0.05, 0.1) is 17.4 Å². The van der Waals surface area contributed by atoms with Gasteiger partial charge in [-0.05, 0) is 13.3 Å². The molecular weight excluding hydrogens is 152 g/mol. The standard InChI is InChI=1S/C8H14N4/c1-3-7-8(6(2)12-9)11-5-4-10-7/h4-6,12H,3,9H2,1-2H3/t6-/m0/s1. The minimum atomic E-state index is 0.0636. The molecule has 0 amide bonds. The fourth-order valence-corrected chi connectivity index (χ4v) is 1.09. The molecule has 1 atom stereocenters. The van der Waals surface area contributed by atoms with Gasteiger partial charge in [-0.25, -0.2) is 0 Å². The first kappa shape index (κ1) is 9.09. The monoisotopic (exact) mass is 166 g/mol. The molecule has 0 aliphatic heterocycles. The van der Waals surface area contributed by atoms with Gasteiger partial charge in [-0.15, -0.1) is 0 Å². The van der Waals surface area contributed by atoms with Gasteiger partial charge in [0.15, 0.2) is 0 Å². The summed E-state index contributed by atoms with van der Waals surface area (Å²) in [6.07, 6.45) is 4.27. The third kappa shape index (κ3) is 1.78. The van der Waals surface area contributed by atoms with Crippen molar-refractivity contribution in [3.05, 3.63) is 23.8 Å². The Morgan fingerprint density at radius 1 is 1.50 bits per heavy atom. The maximum absolute atomic E-state index is 5.31. The predicted molar refractivity (Wildman–Crippen MR) is 47.1 cm³/mol. The second-order valence-corrected chi connectivity index (χ2v) is 2.63. The van der Waals surface area contributed by atoms with Crippen LogP contribution in [0.4, 0.5) is 0 Å². The highest BCUT2D eigenvalue weighted by molar-refractivity contribution is 5.13. The van der Waals surface area contributed by atoms with E-state index in [1.54, 1.807) is 12.4 Å². The van der Waals surface area contributed by atoms with Crippen LogP contribution in [-0.4, -0.2) is 9.97 Å². The number of hydrogen-bond donors (Lipinski definition) is 2. The molecule has 0 aliphatic rings. The van der Waals surface area contributed by atoms with E-state index in [0.29, 0.717) is 0 Å². The van der Waals surface area contributed by atoms with Gasteiger partial charge in [-0.2, -0.15) is 0 Å². The van der Waals surface area contributed by atoms with Gasteiger partial charge in [-0.3, -0.25) is 21.2 Å². The lowest BCUT2D eigenvalue weighted by Crippen LogP contribution is -2.27. The van der Waals surface area contributed by atoms with Crippen molar-refractivity contribution in [1.82, 2.24) is 15.4 Å². The summed E-state index contributed by atoms with van der Waals surface area (Å²) in [6, 6.07) is 0.0636. The van der Waals surface area contributed by atoms with Crippen molar-refractivity contribution in [2.24, 2.45) is 5.84 Å². The van der Waals surface area contributed by atoms with Crippen molar-refractivity contribution in [3.8, 4) is 0 Å². The molecule has 66 valence electrons. The maximum atomic E-state index is 5.31. The number of nitrogens with one attached hydrogen (secondary N) is 1. The molecule has 1 aromatic rings. The molecule has 0 aliphatic carbocycles. The van der Waals surface area contributed by atoms with E-state index in [1.807, 2.05) is 6.92 Å². The first-order chi connectivity index (χ1) is 5.79. The Bertz CT molecular complexity index is 249. The van der Waals surface area contributed by atoms with E-state index in [2.05, 4.69) is 22.3 Å². The first-order valence-electron chi connectivity index (χ1n) is 4.05. The summed E-state index contributed by atoms with van der Waals surface area (Å²) in [4.78, 5) is 8.42. The zero-order valence-corrected chi connectivity index (χ0v) is 7.41. The van der Waals surface area contributed by atoms with Crippen LogP contribution < -0.4 is 11.3 Å². The van der Waals surface area contributed by atoms with E-state index in [1.165, 1.54) is 0 Å². The van der Waals surface area contributed by atoms with Gasteiger partial charge >= 0.3 is 0 Å². The summed E-state index contributed by atoms with van der Waals surface area (Å²) in [5.41, 5.74) is 4.59. The first-order valence-corrected chi connectivity index (χ1v) is 4.05.